The fourth-order valence-electron chi connectivity index (χ4n) is 3.22. The second-order valence-electron chi connectivity index (χ2n) is 4.62. The summed E-state index contributed by atoms with van der Waals surface area (Å²) in [6.07, 6.45) is 4.63. The van der Waals surface area contributed by atoms with Gasteiger partial charge in [-0.1, -0.05) is 6.92 Å². The molecule has 0 aromatic carbocycles. The molecule has 2 bridgehead atoms. The van der Waals surface area contributed by atoms with Crippen LogP contribution in [0.2, 0.25) is 0 Å². The summed E-state index contributed by atoms with van der Waals surface area (Å²) in [5.41, 5.74) is -0.0827. The van der Waals surface area contributed by atoms with E-state index in [1.54, 1.807) is 0 Å². The van der Waals surface area contributed by atoms with Crippen LogP contribution in [-0.4, -0.2) is 12.6 Å². The van der Waals surface area contributed by atoms with Crippen molar-refractivity contribution in [3.05, 3.63) is 0 Å². The van der Waals surface area contributed by atoms with E-state index >= 15 is 0 Å². The Hall–Kier alpha value is -0.530. The van der Waals surface area contributed by atoms with Crippen molar-refractivity contribution in [2.45, 2.75) is 39.5 Å². The summed E-state index contributed by atoms with van der Waals surface area (Å²) in [7, 11) is 0. The molecule has 2 fully saturated rings. The number of ether oxygens (including phenoxy) is 1. The lowest BCUT2D eigenvalue weighted by molar-refractivity contribution is -0.157. The Balaban J connectivity index is 2.14. The lowest BCUT2D eigenvalue weighted by Crippen LogP contribution is -2.34. The molecule has 2 aliphatic rings. The molecular weight excluding hydrogens is 164 g/mol. The van der Waals surface area contributed by atoms with Gasteiger partial charge in [0.05, 0.1) is 12.0 Å². The van der Waals surface area contributed by atoms with Crippen LogP contribution in [0, 0.1) is 17.3 Å². The summed E-state index contributed by atoms with van der Waals surface area (Å²) in [5, 5.41) is 0. The number of hydrogen-bond acceptors (Lipinski definition) is 2. The van der Waals surface area contributed by atoms with Crippen molar-refractivity contribution >= 4 is 5.97 Å². The second-order valence-corrected chi connectivity index (χ2v) is 4.62. The summed E-state index contributed by atoms with van der Waals surface area (Å²) >= 11 is 0. The molecule has 2 saturated carbocycles. The minimum atomic E-state index is -0.0827. The maximum Gasteiger partial charge on any atom is 0.312 e. The zero-order chi connectivity index (χ0) is 9.47. The minimum Gasteiger partial charge on any atom is -0.466 e. The molecule has 0 aliphatic heterocycles. The molecule has 2 heteroatoms. The normalized spacial score (nSPS) is 42.3. The fraction of sp³-hybridized carbons (Fsp3) is 0.909. The second kappa shape index (κ2) is 3.00. The average Bonchev–Trinajstić information content (AvgIpc) is 2.62. The summed E-state index contributed by atoms with van der Waals surface area (Å²) in [6, 6.07) is 0. The molecule has 0 spiro atoms. The highest BCUT2D eigenvalue weighted by Gasteiger charge is 2.55. The Morgan fingerprint density at radius 1 is 1.62 bits per heavy atom. The standard InChI is InChI=1S/C11H18O2/c1-3-13-10(12)11-5-4-9(7-11)6-8(11)2/h8-9H,3-7H2,1-2H3. The van der Waals surface area contributed by atoms with Gasteiger partial charge in [0.1, 0.15) is 0 Å². The van der Waals surface area contributed by atoms with Gasteiger partial charge < -0.3 is 4.74 Å². The highest BCUT2D eigenvalue weighted by molar-refractivity contribution is 5.78. The topological polar surface area (TPSA) is 26.3 Å². The predicted molar refractivity (Wildman–Crippen MR) is 50.2 cm³/mol. The summed E-state index contributed by atoms with van der Waals surface area (Å²) in [4.78, 5) is 11.8. The van der Waals surface area contributed by atoms with Crippen molar-refractivity contribution in [3.63, 3.8) is 0 Å². The van der Waals surface area contributed by atoms with Gasteiger partial charge >= 0.3 is 5.97 Å². The van der Waals surface area contributed by atoms with Gasteiger partial charge in [-0.15, -0.1) is 0 Å². The van der Waals surface area contributed by atoms with Gasteiger partial charge in [0, 0.05) is 0 Å². The first-order valence-electron chi connectivity index (χ1n) is 5.36. The molecule has 2 rings (SSSR count). The SMILES string of the molecule is CCOC(=O)C12CCC(CC1C)C2. The van der Waals surface area contributed by atoms with E-state index in [9.17, 15) is 4.79 Å². The van der Waals surface area contributed by atoms with E-state index in [0.29, 0.717) is 12.5 Å². The van der Waals surface area contributed by atoms with Gasteiger partial charge in [-0.3, -0.25) is 4.79 Å². The lowest BCUT2D eigenvalue weighted by Gasteiger charge is -2.29. The number of carbonyl (C=O) groups is 1. The van der Waals surface area contributed by atoms with Crippen molar-refractivity contribution in [3.8, 4) is 0 Å². The quantitative estimate of drug-likeness (QED) is 0.613. The van der Waals surface area contributed by atoms with Crippen molar-refractivity contribution < 1.29 is 9.53 Å². The van der Waals surface area contributed by atoms with E-state index in [-0.39, 0.29) is 11.4 Å². The van der Waals surface area contributed by atoms with Crippen LogP contribution in [0.25, 0.3) is 0 Å². The molecular formula is C11H18O2. The van der Waals surface area contributed by atoms with Crippen molar-refractivity contribution in [2.75, 3.05) is 6.61 Å². The first-order valence-corrected chi connectivity index (χ1v) is 5.36. The van der Waals surface area contributed by atoms with E-state index in [0.717, 1.165) is 18.8 Å². The van der Waals surface area contributed by atoms with Crippen molar-refractivity contribution in [1.29, 1.82) is 0 Å². The van der Waals surface area contributed by atoms with Gasteiger partial charge in [-0.05, 0) is 44.4 Å². The monoisotopic (exact) mass is 182 g/mol. The molecule has 0 aromatic heterocycles. The molecule has 2 nitrogen and oxygen atoms in total. The third-order valence-corrected chi connectivity index (χ3v) is 3.96. The average molecular weight is 182 g/mol. The minimum absolute atomic E-state index is 0.0718. The van der Waals surface area contributed by atoms with E-state index < -0.39 is 0 Å². The van der Waals surface area contributed by atoms with Crippen LogP contribution in [0.15, 0.2) is 0 Å². The molecule has 74 valence electrons. The molecule has 0 saturated heterocycles. The van der Waals surface area contributed by atoms with E-state index in [1.807, 2.05) is 6.92 Å². The van der Waals surface area contributed by atoms with E-state index in [1.165, 1.54) is 12.8 Å². The highest BCUT2D eigenvalue weighted by Crippen LogP contribution is 2.57. The van der Waals surface area contributed by atoms with Gasteiger partial charge in [0.15, 0.2) is 0 Å². The first kappa shape index (κ1) is 9.04. The molecule has 0 heterocycles. The van der Waals surface area contributed by atoms with E-state index in [2.05, 4.69) is 6.92 Å². The van der Waals surface area contributed by atoms with Crippen LogP contribution < -0.4 is 0 Å². The molecule has 0 N–H and O–H groups in total. The molecule has 13 heavy (non-hydrogen) atoms. The fourth-order valence-corrected chi connectivity index (χ4v) is 3.22. The maximum atomic E-state index is 11.8. The Bertz CT molecular complexity index is 224. The summed E-state index contributed by atoms with van der Waals surface area (Å²) in [6.45, 7) is 4.62. The molecule has 0 amide bonds. The molecule has 2 aliphatic carbocycles. The van der Waals surface area contributed by atoms with Crippen LogP contribution in [0.5, 0.6) is 0 Å². The number of esters is 1. The third-order valence-electron chi connectivity index (χ3n) is 3.96. The third kappa shape index (κ3) is 1.18. The number of carbonyl (C=O) groups excluding carboxylic acids is 1. The van der Waals surface area contributed by atoms with Gasteiger partial charge in [-0.2, -0.15) is 0 Å². The molecule has 3 unspecified atom stereocenters. The van der Waals surface area contributed by atoms with Crippen molar-refractivity contribution in [1.82, 2.24) is 0 Å². The van der Waals surface area contributed by atoms with Crippen LogP contribution in [0.1, 0.15) is 39.5 Å². The van der Waals surface area contributed by atoms with Crippen LogP contribution in [0.3, 0.4) is 0 Å². The lowest BCUT2D eigenvalue weighted by atomic mass is 9.76. The summed E-state index contributed by atoms with van der Waals surface area (Å²) in [5.74, 6) is 1.42. The largest absolute Gasteiger partial charge is 0.466 e. The van der Waals surface area contributed by atoms with Crippen LogP contribution in [0.4, 0.5) is 0 Å². The Kier molecular flexibility index (Phi) is 2.09. The molecule has 0 radical (unpaired) electrons. The van der Waals surface area contributed by atoms with Gasteiger partial charge in [0.2, 0.25) is 0 Å². The number of rotatable bonds is 2. The molecule has 0 aromatic rings. The smallest absolute Gasteiger partial charge is 0.312 e. The maximum absolute atomic E-state index is 11.8. The van der Waals surface area contributed by atoms with E-state index in [4.69, 9.17) is 4.74 Å². The Morgan fingerprint density at radius 2 is 2.38 bits per heavy atom. The molecule has 3 atom stereocenters. The zero-order valence-corrected chi connectivity index (χ0v) is 8.51. The van der Waals surface area contributed by atoms with Crippen molar-refractivity contribution in [2.24, 2.45) is 17.3 Å². The van der Waals surface area contributed by atoms with Crippen LogP contribution in [-0.2, 0) is 9.53 Å². The Labute approximate surface area is 79.7 Å². The predicted octanol–water partition coefficient (Wildman–Crippen LogP) is 2.38. The summed E-state index contributed by atoms with van der Waals surface area (Å²) < 4.78 is 5.18. The van der Waals surface area contributed by atoms with Gasteiger partial charge in [-0.25, -0.2) is 0 Å². The highest BCUT2D eigenvalue weighted by atomic mass is 16.5. The zero-order valence-electron chi connectivity index (χ0n) is 8.51. The first-order chi connectivity index (χ1) is 6.19. The van der Waals surface area contributed by atoms with Crippen LogP contribution >= 0.6 is 0 Å². The Morgan fingerprint density at radius 3 is 2.85 bits per heavy atom. The van der Waals surface area contributed by atoms with Gasteiger partial charge in [0.25, 0.3) is 0 Å². The number of fused-ring (bicyclic) bond motifs is 2. The number of hydrogen-bond donors (Lipinski definition) is 0.